The fourth-order valence-electron chi connectivity index (χ4n) is 2.57. The number of benzene rings is 1. The van der Waals surface area contributed by atoms with Gasteiger partial charge < -0.3 is 14.8 Å². The summed E-state index contributed by atoms with van der Waals surface area (Å²) in [6, 6.07) is 8.08. The molecule has 1 saturated heterocycles. The van der Waals surface area contributed by atoms with Crippen LogP contribution in [-0.2, 0) is 11.8 Å². The third-order valence-electron chi connectivity index (χ3n) is 3.71. The molecule has 0 radical (unpaired) electrons. The highest BCUT2D eigenvalue weighted by molar-refractivity contribution is 7.99. The Hall–Kier alpha value is -1.95. The fraction of sp³-hybridized carbons (Fsp3) is 0.375. The Bertz CT molecular complexity index is 649. The second-order valence-electron chi connectivity index (χ2n) is 5.40. The van der Waals surface area contributed by atoms with Crippen LogP contribution in [0.15, 0.2) is 41.8 Å². The molecule has 1 aromatic heterocycles. The number of anilines is 2. The summed E-state index contributed by atoms with van der Waals surface area (Å²) in [6.45, 7) is 2.21. The molecule has 0 saturated carbocycles. The highest BCUT2D eigenvalue weighted by atomic mass is 32.2. The minimum Gasteiger partial charge on any atom is -0.371 e. The number of nitrogens with zero attached hydrogens (tertiary/aromatic N) is 3. The van der Waals surface area contributed by atoms with Gasteiger partial charge in [0.05, 0.1) is 5.75 Å². The Morgan fingerprint density at radius 1 is 1.36 bits per heavy atom. The largest absolute Gasteiger partial charge is 0.371 e. The molecule has 1 aliphatic rings. The quantitative estimate of drug-likeness (QED) is 0.862. The lowest BCUT2D eigenvalue weighted by molar-refractivity contribution is -0.113. The number of hydrogen-bond acceptors (Lipinski definition) is 4. The average Bonchev–Trinajstić information content (AvgIpc) is 3.17. The van der Waals surface area contributed by atoms with E-state index in [1.807, 2.05) is 29.9 Å². The molecular formula is C16H20N4OS. The SMILES string of the molecule is Cn1ccnc1SCC(=O)Nc1cccc(N2CCCC2)c1. The number of aryl methyl sites for hydroxylation is 1. The number of amides is 1. The van der Waals surface area contributed by atoms with Crippen molar-refractivity contribution < 1.29 is 4.79 Å². The molecule has 2 aromatic rings. The number of rotatable bonds is 5. The van der Waals surface area contributed by atoms with E-state index in [0.717, 1.165) is 23.9 Å². The zero-order valence-corrected chi connectivity index (χ0v) is 13.5. The molecule has 6 heteroatoms. The molecule has 116 valence electrons. The first-order valence-corrected chi connectivity index (χ1v) is 8.46. The Kier molecular flexibility index (Phi) is 4.68. The van der Waals surface area contributed by atoms with E-state index >= 15 is 0 Å². The van der Waals surface area contributed by atoms with Gasteiger partial charge in [0.1, 0.15) is 0 Å². The van der Waals surface area contributed by atoms with Crippen molar-refractivity contribution in [3.05, 3.63) is 36.7 Å². The van der Waals surface area contributed by atoms with Gasteiger partial charge in [0.15, 0.2) is 5.16 Å². The molecule has 1 fully saturated rings. The summed E-state index contributed by atoms with van der Waals surface area (Å²) < 4.78 is 1.91. The summed E-state index contributed by atoms with van der Waals surface area (Å²) >= 11 is 1.44. The summed E-state index contributed by atoms with van der Waals surface area (Å²) in [5, 5.41) is 3.81. The van der Waals surface area contributed by atoms with Crippen molar-refractivity contribution in [2.45, 2.75) is 18.0 Å². The van der Waals surface area contributed by atoms with E-state index in [-0.39, 0.29) is 5.91 Å². The van der Waals surface area contributed by atoms with Gasteiger partial charge in [-0.15, -0.1) is 0 Å². The van der Waals surface area contributed by atoms with Crippen molar-refractivity contribution in [1.29, 1.82) is 0 Å². The predicted octanol–water partition coefficient (Wildman–Crippen LogP) is 2.75. The first-order chi connectivity index (χ1) is 10.7. The zero-order valence-electron chi connectivity index (χ0n) is 12.7. The number of nitrogens with one attached hydrogen (secondary N) is 1. The summed E-state index contributed by atoms with van der Waals surface area (Å²) in [5.41, 5.74) is 2.04. The molecule has 1 aromatic carbocycles. The smallest absolute Gasteiger partial charge is 0.234 e. The molecule has 0 aliphatic carbocycles. The van der Waals surface area contributed by atoms with E-state index in [4.69, 9.17) is 0 Å². The van der Waals surface area contributed by atoms with Crippen LogP contribution in [-0.4, -0.2) is 34.3 Å². The molecule has 0 spiro atoms. The number of hydrogen-bond donors (Lipinski definition) is 1. The van der Waals surface area contributed by atoms with Crippen molar-refractivity contribution in [3.63, 3.8) is 0 Å². The van der Waals surface area contributed by atoms with Crippen molar-refractivity contribution >= 4 is 29.0 Å². The van der Waals surface area contributed by atoms with E-state index < -0.39 is 0 Å². The van der Waals surface area contributed by atoms with Gasteiger partial charge in [0.2, 0.25) is 5.91 Å². The summed E-state index contributed by atoms with van der Waals surface area (Å²) in [6.07, 6.45) is 6.10. The highest BCUT2D eigenvalue weighted by Gasteiger charge is 2.13. The van der Waals surface area contributed by atoms with Gasteiger partial charge in [0.25, 0.3) is 0 Å². The predicted molar refractivity (Wildman–Crippen MR) is 90.5 cm³/mol. The molecule has 5 nitrogen and oxygen atoms in total. The molecule has 1 amide bonds. The van der Waals surface area contributed by atoms with Gasteiger partial charge in [0, 0.05) is 43.9 Å². The number of thioether (sulfide) groups is 1. The topological polar surface area (TPSA) is 50.2 Å². The highest BCUT2D eigenvalue weighted by Crippen LogP contribution is 2.23. The van der Waals surface area contributed by atoms with Crippen LogP contribution < -0.4 is 10.2 Å². The molecule has 1 aliphatic heterocycles. The molecule has 0 atom stereocenters. The number of aromatic nitrogens is 2. The second-order valence-corrected chi connectivity index (χ2v) is 6.34. The number of carbonyl (C=O) groups is 1. The van der Waals surface area contributed by atoms with Gasteiger partial charge in [-0.3, -0.25) is 4.79 Å². The molecule has 0 unspecified atom stereocenters. The molecule has 0 bridgehead atoms. The van der Waals surface area contributed by atoms with Gasteiger partial charge in [-0.25, -0.2) is 4.98 Å². The monoisotopic (exact) mass is 316 g/mol. The van der Waals surface area contributed by atoms with Crippen LogP contribution in [0.5, 0.6) is 0 Å². The van der Waals surface area contributed by atoms with E-state index in [9.17, 15) is 4.79 Å². The van der Waals surface area contributed by atoms with Crippen LogP contribution in [0.3, 0.4) is 0 Å². The van der Waals surface area contributed by atoms with Gasteiger partial charge >= 0.3 is 0 Å². The summed E-state index contributed by atoms with van der Waals surface area (Å²) in [4.78, 5) is 18.6. The van der Waals surface area contributed by atoms with Crippen molar-refractivity contribution in [1.82, 2.24) is 9.55 Å². The van der Waals surface area contributed by atoms with Crippen LogP contribution in [0.25, 0.3) is 0 Å². The Morgan fingerprint density at radius 2 is 2.18 bits per heavy atom. The van der Waals surface area contributed by atoms with E-state index in [0.29, 0.717) is 5.75 Å². The molecule has 1 N–H and O–H groups in total. The lowest BCUT2D eigenvalue weighted by Crippen LogP contribution is -2.18. The summed E-state index contributed by atoms with van der Waals surface area (Å²) in [7, 11) is 1.92. The van der Waals surface area contributed by atoms with Gasteiger partial charge in [-0.2, -0.15) is 0 Å². The summed E-state index contributed by atoms with van der Waals surface area (Å²) in [5.74, 6) is 0.352. The maximum Gasteiger partial charge on any atom is 0.234 e. The number of imidazole rings is 1. The van der Waals surface area contributed by atoms with Crippen LogP contribution in [0, 0.1) is 0 Å². The van der Waals surface area contributed by atoms with E-state index in [1.54, 1.807) is 6.20 Å². The van der Waals surface area contributed by atoms with Gasteiger partial charge in [-0.1, -0.05) is 17.8 Å². The van der Waals surface area contributed by atoms with Crippen LogP contribution in [0.1, 0.15) is 12.8 Å². The fourth-order valence-corrected chi connectivity index (χ4v) is 3.31. The minimum absolute atomic E-state index is 0.00780. The third kappa shape index (κ3) is 3.62. The van der Waals surface area contributed by atoms with E-state index in [1.165, 1.54) is 30.3 Å². The molecule has 2 heterocycles. The van der Waals surface area contributed by atoms with Gasteiger partial charge in [-0.05, 0) is 31.0 Å². The minimum atomic E-state index is -0.00780. The number of carbonyl (C=O) groups excluding carboxylic acids is 1. The molecule has 3 rings (SSSR count). The lowest BCUT2D eigenvalue weighted by Gasteiger charge is -2.18. The Morgan fingerprint density at radius 3 is 2.91 bits per heavy atom. The average molecular weight is 316 g/mol. The van der Waals surface area contributed by atoms with Crippen LogP contribution in [0.4, 0.5) is 11.4 Å². The normalized spacial score (nSPS) is 14.3. The van der Waals surface area contributed by atoms with Crippen LogP contribution in [0.2, 0.25) is 0 Å². The van der Waals surface area contributed by atoms with Crippen molar-refractivity contribution in [3.8, 4) is 0 Å². The second kappa shape index (κ2) is 6.87. The standard InChI is InChI=1S/C16H20N4OS/c1-19-10-7-17-16(19)22-12-15(21)18-13-5-4-6-14(11-13)20-8-2-3-9-20/h4-7,10-11H,2-3,8-9,12H2,1H3,(H,18,21). The van der Waals surface area contributed by atoms with Crippen LogP contribution >= 0.6 is 11.8 Å². The Labute approximate surface area is 134 Å². The lowest BCUT2D eigenvalue weighted by atomic mass is 10.2. The zero-order chi connectivity index (χ0) is 15.4. The van der Waals surface area contributed by atoms with Crippen molar-refractivity contribution in [2.75, 3.05) is 29.1 Å². The Balaban J connectivity index is 1.57. The third-order valence-corrected chi connectivity index (χ3v) is 4.77. The maximum atomic E-state index is 12.1. The van der Waals surface area contributed by atoms with E-state index in [2.05, 4.69) is 27.3 Å². The van der Waals surface area contributed by atoms with Crippen molar-refractivity contribution in [2.24, 2.45) is 7.05 Å². The first-order valence-electron chi connectivity index (χ1n) is 7.47. The first kappa shape index (κ1) is 15.0. The maximum absolute atomic E-state index is 12.1. The molecule has 22 heavy (non-hydrogen) atoms. The molecular weight excluding hydrogens is 296 g/mol.